The van der Waals surface area contributed by atoms with Crippen LogP contribution in [0.1, 0.15) is 16.5 Å². The maximum Gasteiger partial charge on any atom is 0.225 e. The van der Waals surface area contributed by atoms with Crippen LogP contribution in [0.25, 0.3) is 0 Å². The largest absolute Gasteiger partial charge is 0.497 e. The van der Waals surface area contributed by atoms with Crippen molar-refractivity contribution in [2.75, 3.05) is 13.7 Å². The fourth-order valence-electron chi connectivity index (χ4n) is 1.79. The third-order valence-corrected chi connectivity index (χ3v) is 3.78. The molecule has 1 amide bonds. The number of thiophene rings is 1. The number of nitrogens with one attached hydrogen (secondary N) is 1. The minimum Gasteiger partial charge on any atom is -0.497 e. The molecule has 0 fully saturated rings. The fraction of sp³-hybridized carbons (Fsp3) is 0.267. The SMILES string of the molecule is COc1ccc(C(O)CNC(=O)Cc2cccs2)cc1. The first-order chi connectivity index (χ1) is 9.69. The van der Waals surface area contributed by atoms with E-state index in [1.54, 1.807) is 42.7 Å². The molecule has 20 heavy (non-hydrogen) atoms. The van der Waals surface area contributed by atoms with E-state index in [9.17, 15) is 9.90 Å². The quantitative estimate of drug-likeness (QED) is 0.857. The lowest BCUT2D eigenvalue weighted by Crippen LogP contribution is -2.29. The standard InChI is InChI=1S/C15H17NO3S/c1-19-12-6-4-11(5-7-12)14(17)10-16-15(18)9-13-3-2-8-20-13/h2-8,14,17H,9-10H2,1H3,(H,16,18). The molecule has 2 N–H and O–H groups in total. The first-order valence-electron chi connectivity index (χ1n) is 6.30. The Labute approximate surface area is 122 Å². The van der Waals surface area contributed by atoms with Gasteiger partial charge in [-0.2, -0.15) is 0 Å². The van der Waals surface area contributed by atoms with Gasteiger partial charge in [-0.25, -0.2) is 0 Å². The van der Waals surface area contributed by atoms with Crippen LogP contribution in [0.2, 0.25) is 0 Å². The topological polar surface area (TPSA) is 58.6 Å². The molecule has 0 aliphatic rings. The molecule has 2 rings (SSSR count). The van der Waals surface area contributed by atoms with Gasteiger partial charge in [0, 0.05) is 11.4 Å². The zero-order valence-electron chi connectivity index (χ0n) is 11.2. The first kappa shape index (κ1) is 14.6. The Balaban J connectivity index is 1.81. The fourth-order valence-corrected chi connectivity index (χ4v) is 2.49. The average molecular weight is 291 g/mol. The van der Waals surface area contributed by atoms with E-state index in [0.29, 0.717) is 6.42 Å². The summed E-state index contributed by atoms with van der Waals surface area (Å²) in [4.78, 5) is 12.7. The number of hydrogen-bond donors (Lipinski definition) is 2. The minimum absolute atomic E-state index is 0.0833. The van der Waals surface area contributed by atoms with Crippen LogP contribution in [-0.4, -0.2) is 24.7 Å². The highest BCUT2D eigenvalue weighted by Crippen LogP contribution is 2.17. The van der Waals surface area contributed by atoms with Crippen LogP contribution in [0.4, 0.5) is 0 Å². The van der Waals surface area contributed by atoms with Gasteiger partial charge < -0.3 is 15.2 Å². The summed E-state index contributed by atoms with van der Waals surface area (Å²) in [7, 11) is 1.59. The number of ether oxygens (including phenoxy) is 1. The molecule has 1 aromatic heterocycles. The maximum atomic E-state index is 11.7. The second kappa shape index (κ2) is 7.07. The predicted octanol–water partition coefficient (Wildman–Crippen LogP) is 2.15. The summed E-state index contributed by atoms with van der Waals surface area (Å²) in [6.07, 6.45) is -0.360. The van der Waals surface area contributed by atoms with Crippen molar-refractivity contribution in [2.24, 2.45) is 0 Å². The Kier molecular flexibility index (Phi) is 5.15. The molecule has 1 heterocycles. The Morgan fingerprint density at radius 1 is 1.35 bits per heavy atom. The molecule has 0 spiro atoms. The molecule has 5 heteroatoms. The summed E-state index contributed by atoms with van der Waals surface area (Å²) >= 11 is 1.55. The smallest absolute Gasteiger partial charge is 0.225 e. The lowest BCUT2D eigenvalue weighted by atomic mass is 10.1. The molecule has 0 aliphatic heterocycles. The van der Waals surface area contributed by atoms with Crippen LogP contribution >= 0.6 is 11.3 Å². The highest BCUT2D eigenvalue weighted by molar-refractivity contribution is 7.10. The van der Waals surface area contributed by atoms with Crippen LogP contribution < -0.4 is 10.1 Å². The molecule has 4 nitrogen and oxygen atoms in total. The number of rotatable bonds is 6. The van der Waals surface area contributed by atoms with Gasteiger partial charge in [-0.3, -0.25) is 4.79 Å². The van der Waals surface area contributed by atoms with Gasteiger partial charge in [0.25, 0.3) is 0 Å². The molecule has 0 saturated heterocycles. The van der Waals surface area contributed by atoms with Crippen molar-refractivity contribution >= 4 is 17.2 Å². The number of aliphatic hydroxyl groups is 1. The van der Waals surface area contributed by atoms with Crippen LogP contribution in [0.3, 0.4) is 0 Å². The monoisotopic (exact) mass is 291 g/mol. The second-order valence-corrected chi connectivity index (χ2v) is 5.38. The van der Waals surface area contributed by atoms with E-state index in [-0.39, 0.29) is 12.5 Å². The molecule has 1 aromatic carbocycles. The van der Waals surface area contributed by atoms with Crippen molar-refractivity contribution in [2.45, 2.75) is 12.5 Å². The van der Waals surface area contributed by atoms with Gasteiger partial charge in [0.2, 0.25) is 5.91 Å². The molecular formula is C15H17NO3S. The summed E-state index contributed by atoms with van der Waals surface area (Å²) in [6.45, 7) is 0.205. The van der Waals surface area contributed by atoms with Gasteiger partial charge in [0.05, 0.1) is 19.6 Å². The van der Waals surface area contributed by atoms with Gasteiger partial charge in [-0.1, -0.05) is 18.2 Å². The van der Waals surface area contributed by atoms with Gasteiger partial charge in [-0.05, 0) is 29.1 Å². The van der Waals surface area contributed by atoms with Crippen molar-refractivity contribution in [1.82, 2.24) is 5.32 Å². The Morgan fingerprint density at radius 3 is 2.70 bits per heavy atom. The number of benzene rings is 1. The molecule has 2 aromatic rings. The molecule has 0 bridgehead atoms. The van der Waals surface area contributed by atoms with Crippen LogP contribution in [0, 0.1) is 0 Å². The number of aliphatic hydroxyl groups excluding tert-OH is 1. The van der Waals surface area contributed by atoms with E-state index >= 15 is 0 Å². The molecule has 0 radical (unpaired) electrons. The lowest BCUT2D eigenvalue weighted by molar-refractivity contribution is -0.120. The predicted molar refractivity (Wildman–Crippen MR) is 79.0 cm³/mol. The van der Waals surface area contributed by atoms with Gasteiger partial charge >= 0.3 is 0 Å². The lowest BCUT2D eigenvalue weighted by Gasteiger charge is -2.12. The van der Waals surface area contributed by atoms with Gasteiger partial charge in [-0.15, -0.1) is 11.3 Å². The van der Waals surface area contributed by atoms with E-state index in [1.807, 2.05) is 17.5 Å². The maximum absolute atomic E-state index is 11.7. The Bertz CT molecular complexity index is 537. The van der Waals surface area contributed by atoms with Crippen molar-refractivity contribution in [3.8, 4) is 5.75 Å². The van der Waals surface area contributed by atoms with Crippen LogP contribution in [-0.2, 0) is 11.2 Å². The Morgan fingerprint density at radius 2 is 2.10 bits per heavy atom. The number of carbonyl (C=O) groups is 1. The molecular weight excluding hydrogens is 274 g/mol. The van der Waals surface area contributed by atoms with Crippen molar-refractivity contribution in [3.05, 3.63) is 52.2 Å². The molecule has 1 atom stereocenters. The normalized spacial score (nSPS) is 11.9. The van der Waals surface area contributed by atoms with Crippen molar-refractivity contribution < 1.29 is 14.6 Å². The van der Waals surface area contributed by atoms with E-state index in [1.165, 1.54) is 0 Å². The Hall–Kier alpha value is -1.85. The summed E-state index contributed by atoms with van der Waals surface area (Å²) in [5.74, 6) is 0.655. The number of amides is 1. The molecule has 0 aliphatic carbocycles. The highest BCUT2D eigenvalue weighted by atomic mass is 32.1. The summed E-state index contributed by atoms with van der Waals surface area (Å²) < 4.78 is 5.06. The number of methoxy groups -OCH3 is 1. The van der Waals surface area contributed by atoms with Gasteiger partial charge in [0.1, 0.15) is 5.75 Å². The van der Waals surface area contributed by atoms with E-state index in [4.69, 9.17) is 4.74 Å². The van der Waals surface area contributed by atoms with Crippen LogP contribution in [0.15, 0.2) is 41.8 Å². The highest BCUT2D eigenvalue weighted by Gasteiger charge is 2.10. The van der Waals surface area contributed by atoms with Gasteiger partial charge in [0.15, 0.2) is 0 Å². The third kappa shape index (κ3) is 4.08. The average Bonchev–Trinajstić information content (AvgIpc) is 2.97. The molecule has 0 saturated carbocycles. The third-order valence-electron chi connectivity index (χ3n) is 2.91. The molecule has 1 unspecified atom stereocenters. The van der Waals surface area contributed by atoms with E-state index < -0.39 is 6.10 Å². The minimum atomic E-state index is -0.715. The van der Waals surface area contributed by atoms with Crippen molar-refractivity contribution in [3.63, 3.8) is 0 Å². The van der Waals surface area contributed by atoms with E-state index in [2.05, 4.69) is 5.32 Å². The zero-order valence-corrected chi connectivity index (χ0v) is 12.0. The second-order valence-electron chi connectivity index (χ2n) is 4.35. The van der Waals surface area contributed by atoms with Crippen LogP contribution in [0.5, 0.6) is 5.75 Å². The van der Waals surface area contributed by atoms with E-state index in [0.717, 1.165) is 16.2 Å². The summed E-state index contributed by atoms with van der Waals surface area (Å²) in [5, 5.41) is 14.7. The first-order valence-corrected chi connectivity index (χ1v) is 7.18. The number of hydrogen-bond acceptors (Lipinski definition) is 4. The summed E-state index contributed by atoms with van der Waals surface area (Å²) in [6, 6.07) is 11.0. The summed E-state index contributed by atoms with van der Waals surface area (Å²) in [5.41, 5.74) is 0.752. The molecule has 106 valence electrons. The number of carbonyl (C=O) groups excluding carboxylic acids is 1. The van der Waals surface area contributed by atoms with Crippen molar-refractivity contribution in [1.29, 1.82) is 0 Å². The zero-order chi connectivity index (χ0) is 14.4.